The number of aromatic nitrogens is 2. The number of aryl methyl sites for hydroxylation is 1. The van der Waals surface area contributed by atoms with Crippen LogP contribution < -0.4 is 4.90 Å². The van der Waals surface area contributed by atoms with Gasteiger partial charge in [-0.1, -0.05) is 18.6 Å². The van der Waals surface area contributed by atoms with Crippen LogP contribution in [0.2, 0.25) is 0 Å². The summed E-state index contributed by atoms with van der Waals surface area (Å²) in [4.78, 5) is 26.3. The van der Waals surface area contributed by atoms with Crippen LogP contribution in [0.5, 0.6) is 0 Å². The summed E-state index contributed by atoms with van der Waals surface area (Å²) < 4.78 is 0. The van der Waals surface area contributed by atoms with E-state index in [4.69, 9.17) is 9.97 Å². The van der Waals surface area contributed by atoms with E-state index in [0.29, 0.717) is 17.7 Å². The predicted octanol–water partition coefficient (Wildman–Crippen LogP) is 3.41. The molecule has 0 bridgehead atoms. The standard InChI is InChI=1S/C21H28N4O/c1-15-20(23-19-9-4-3-8-18(19)22-15)25-12-10-16(11-13-25)14-24(2)21(26)17-6-5-7-17/h3-4,8-9,16-17H,5-7,10-14H2,1-2H3. The van der Waals surface area contributed by atoms with Gasteiger partial charge in [-0.15, -0.1) is 0 Å². The fourth-order valence-electron chi connectivity index (χ4n) is 4.15. The van der Waals surface area contributed by atoms with E-state index in [2.05, 4.69) is 4.90 Å². The van der Waals surface area contributed by atoms with Crippen molar-refractivity contribution in [2.45, 2.75) is 39.0 Å². The molecule has 2 fully saturated rings. The number of piperidine rings is 1. The third-order valence-corrected chi connectivity index (χ3v) is 6.00. The Morgan fingerprint density at radius 2 is 1.77 bits per heavy atom. The highest BCUT2D eigenvalue weighted by Gasteiger charge is 2.30. The van der Waals surface area contributed by atoms with Crippen LogP contribution in [0.25, 0.3) is 11.0 Å². The van der Waals surface area contributed by atoms with Crippen molar-refractivity contribution in [3.63, 3.8) is 0 Å². The maximum Gasteiger partial charge on any atom is 0.225 e. The largest absolute Gasteiger partial charge is 0.355 e. The first-order chi connectivity index (χ1) is 12.6. The molecule has 1 aliphatic heterocycles. The number of nitrogens with zero attached hydrogens (tertiary/aromatic N) is 4. The van der Waals surface area contributed by atoms with Gasteiger partial charge >= 0.3 is 0 Å². The molecule has 2 heterocycles. The molecule has 1 aliphatic carbocycles. The van der Waals surface area contributed by atoms with E-state index in [1.165, 1.54) is 6.42 Å². The third kappa shape index (κ3) is 3.39. The van der Waals surface area contributed by atoms with Gasteiger partial charge in [0.1, 0.15) is 0 Å². The van der Waals surface area contributed by atoms with Crippen molar-refractivity contribution in [3.05, 3.63) is 30.0 Å². The molecule has 26 heavy (non-hydrogen) atoms. The SMILES string of the molecule is Cc1nc2ccccc2nc1N1CCC(CN(C)C(=O)C2CCC2)CC1. The van der Waals surface area contributed by atoms with Crippen molar-refractivity contribution in [3.8, 4) is 0 Å². The molecule has 2 aliphatic rings. The Morgan fingerprint density at radius 1 is 1.12 bits per heavy atom. The van der Waals surface area contributed by atoms with Crippen LogP contribution in [0.3, 0.4) is 0 Å². The minimum atomic E-state index is 0.301. The Bertz CT molecular complexity index is 794. The van der Waals surface area contributed by atoms with E-state index < -0.39 is 0 Å². The molecule has 0 spiro atoms. The highest BCUT2D eigenvalue weighted by Crippen LogP contribution is 2.29. The summed E-state index contributed by atoms with van der Waals surface area (Å²) in [6, 6.07) is 8.06. The lowest BCUT2D eigenvalue weighted by atomic mass is 9.84. The van der Waals surface area contributed by atoms with Crippen molar-refractivity contribution in [2.75, 3.05) is 31.6 Å². The molecular weight excluding hydrogens is 324 g/mol. The Kier molecular flexibility index (Phi) is 4.79. The fourth-order valence-corrected chi connectivity index (χ4v) is 4.15. The van der Waals surface area contributed by atoms with Crippen LogP contribution in [-0.2, 0) is 4.79 Å². The number of fused-ring (bicyclic) bond motifs is 1. The van der Waals surface area contributed by atoms with E-state index in [1.807, 2.05) is 43.1 Å². The van der Waals surface area contributed by atoms with E-state index >= 15 is 0 Å². The minimum Gasteiger partial charge on any atom is -0.355 e. The van der Waals surface area contributed by atoms with E-state index in [1.54, 1.807) is 0 Å². The first kappa shape index (κ1) is 17.3. The van der Waals surface area contributed by atoms with E-state index in [0.717, 1.165) is 67.9 Å². The number of amides is 1. The van der Waals surface area contributed by atoms with Crippen LogP contribution in [-0.4, -0.2) is 47.5 Å². The van der Waals surface area contributed by atoms with Gasteiger partial charge in [-0.25, -0.2) is 9.97 Å². The number of para-hydroxylation sites is 2. The molecule has 1 saturated heterocycles. The molecule has 138 valence electrons. The third-order valence-electron chi connectivity index (χ3n) is 6.00. The zero-order valence-corrected chi connectivity index (χ0v) is 15.8. The Balaban J connectivity index is 1.37. The minimum absolute atomic E-state index is 0.301. The van der Waals surface area contributed by atoms with Gasteiger partial charge in [0.2, 0.25) is 5.91 Å². The summed E-state index contributed by atoms with van der Waals surface area (Å²) in [6.07, 6.45) is 5.60. The van der Waals surface area contributed by atoms with E-state index in [9.17, 15) is 4.79 Å². The molecule has 1 aromatic carbocycles. The van der Waals surface area contributed by atoms with Crippen LogP contribution in [0, 0.1) is 18.8 Å². The number of carbonyl (C=O) groups excluding carboxylic acids is 1. The molecule has 1 amide bonds. The Hall–Kier alpha value is -2.17. The van der Waals surface area contributed by atoms with Gasteiger partial charge in [-0.2, -0.15) is 0 Å². The average molecular weight is 352 g/mol. The molecule has 1 aromatic heterocycles. The topological polar surface area (TPSA) is 49.3 Å². The maximum atomic E-state index is 12.4. The number of carbonyl (C=O) groups is 1. The van der Waals surface area contributed by atoms with Crippen LogP contribution in [0.1, 0.15) is 37.8 Å². The van der Waals surface area contributed by atoms with E-state index in [-0.39, 0.29) is 0 Å². The molecule has 5 nitrogen and oxygen atoms in total. The lowest BCUT2D eigenvalue weighted by molar-refractivity contribution is -0.137. The van der Waals surface area contributed by atoms with Crippen LogP contribution in [0.15, 0.2) is 24.3 Å². The average Bonchev–Trinajstić information content (AvgIpc) is 2.60. The second kappa shape index (κ2) is 7.22. The molecule has 0 atom stereocenters. The molecule has 0 N–H and O–H groups in total. The van der Waals surface area contributed by atoms with Gasteiger partial charge in [-0.3, -0.25) is 4.79 Å². The quantitative estimate of drug-likeness (QED) is 0.846. The van der Waals surface area contributed by atoms with Crippen molar-refractivity contribution in [1.82, 2.24) is 14.9 Å². The number of anilines is 1. The van der Waals surface area contributed by atoms with Gasteiger partial charge in [0.25, 0.3) is 0 Å². The van der Waals surface area contributed by atoms with Crippen LogP contribution in [0.4, 0.5) is 5.82 Å². The monoisotopic (exact) mass is 352 g/mol. The first-order valence-electron chi connectivity index (χ1n) is 9.85. The highest BCUT2D eigenvalue weighted by molar-refractivity contribution is 5.79. The zero-order valence-electron chi connectivity index (χ0n) is 15.8. The summed E-state index contributed by atoms with van der Waals surface area (Å²) in [6.45, 7) is 4.92. The first-order valence-corrected chi connectivity index (χ1v) is 9.85. The molecule has 1 saturated carbocycles. The predicted molar refractivity (Wildman–Crippen MR) is 104 cm³/mol. The number of benzene rings is 1. The summed E-state index contributed by atoms with van der Waals surface area (Å²) >= 11 is 0. The molecule has 4 rings (SSSR count). The number of hydrogen-bond donors (Lipinski definition) is 0. The normalized spacial score (nSPS) is 18.8. The van der Waals surface area contributed by atoms with Crippen LogP contribution >= 0.6 is 0 Å². The molecule has 2 aromatic rings. The number of hydrogen-bond acceptors (Lipinski definition) is 4. The highest BCUT2D eigenvalue weighted by atomic mass is 16.2. The lowest BCUT2D eigenvalue weighted by Crippen LogP contribution is -2.42. The number of rotatable bonds is 4. The fraction of sp³-hybridized carbons (Fsp3) is 0.571. The van der Waals surface area contributed by atoms with Crippen molar-refractivity contribution in [2.24, 2.45) is 11.8 Å². The second-order valence-electron chi connectivity index (χ2n) is 7.90. The Labute approximate surface area is 155 Å². The summed E-state index contributed by atoms with van der Waals surface area (Å²) in [5, 5.41) is 0. The summed E-state index contributed by atoms with van der Waals surface area (Å²) in [5.74, 6) is 2.26. The van der Waals surface area contributed by atoms with Gasteiger partial charge < -0.3 is 9.80 Å². The van der Waals surface area contributed by atoms with Crippen molar-refractivity contribution < 1.29 is 4.79 Å². The van der Waals surface area contributed by atoms with Gasteiger partial charge in [0.15, 0.2) is 5.82 Å². The molecule has 0 unspecified atom stereocenters. The maximum absolute atomic E-state index is 12.4. The zero-order chi connectivity index (χ0) is 18.1. The molecular formula is C21H28N4O. The molecule has 0 radical (unpaired) electrons. The van der Waals surface area contributed by atoms with Gasteiger partial charge in [0, 0.05) is 32.6 Å². The van der Waals surface area contributed by atoms with Gasteiger partial charge in [0.05, 0.1) is 16.7 Å². The smallest absolute Gasteiger partial charge is 0.225 e. The van der Waals surface area contributed by atoms with Crippen molar-refractivity contribution in [1.29, 1.82) is 0 Å². The summed E-state index contributed by atoms with van der Waals surface area (Å²) in [5.41, 5.74) is 2.92. The molecule has 5 heteroatoms. The summed E-state index contributed by atoms with van der Waals surface area (Å²) in [7, 11) is 1.98. The second-order valence-corrected chi connectivity index (χ2v) is 7.90. The Morgan fingerprint density at radius 3 is 2.38 bits per heavy atom. The lowest BCUT2D eigenvalue weighted by Gasteiger charge is -2.36. The van der Waals surface area contributed by atoms with Crippen molar-refractivity contribution >= 4 is 22.8 Å². The van der Waals surface area contributed by atoms with Gasteiger partial charge in [-0.05, 0) is 50.7 Å².